The molecule has 0 radical (unpaired) electrons. The van der Waals surface area contributed by atoms with Crippen LogP contribution in [0.3, 0.4) is 0 Å². The Morgan fingerprint density at radius 2 is 1.80 bits per heavy atom. The van der Waals surface area contributed by atoms with Crippen molar-refractivity contribution in [2.75, 3.05) is 19.1 Å². The molecule has 104 valence electrons. The Bertz CT molecular complexity index is 623. The molecule has 0 spiro atoms. The van der Waals surface area contributed by atoms with Gasteiger partial charge in [-0.3, -0.25) is 4.79 Å². The van der Waals surface area contributed by atoms with Crippen LogP contribution in [0.25, 0.3) is 0 Å². The number of methoxy groups -OCH3 is 1. The molecule has 2 rings (SSSR count). The van der Waals surface area contributed by atoms with Gasteiger partial charge in [0.2, 0.25) is 0 Å². The quantitative estimate of drug-likeness (QED) is 0.857. The predicted octanol–water partition coefficient (Wildman–Crippen LogP) is 3.42. The number of hydrogen-bond acceptors (Lipinski definition) is 2. The summed E-state index contributed by atoms with van der Waals surface area (Å²) in [6.07, 6.45) is 0. The maximum absolute atomic E-state index is 13.2. The van der Waals surface area contributed by atoms with Crippen molar-refractivity contribution in [1.82, 2.24) is 0 Å². The van der Waals surface area contributed by atoms with Crippen LogP contribution >= 0.6 is 0 Å². The summed E-state index contributed by atoms with van der Waals surface area (Å²) in [7, 11) is 3.27. The average Bonchev–Trinajstić information content (AvgIpc) is 2.48. The third-order valence-electron chi connectivity index (χ3n) is 3.17. The van der Waals surface area contributed by atoms with Crippen LogP contribution in [0.15, 0.2) is 42.5 Å². The van der Waals surface area contributed by atoms with E-state index in [2.05, 4.69) is 0 Å². The van der Waals surface area contributed by atoms with Gasteiger partial charge in [-0.05, 0) is 55.0 Å². The van der Waals surface area contributed by atoms with Gasteiger partial charge in [0.05, 0.1) is 7.11 Å². The molecule has 0 atom stereocenters. The zero-order valence-corrected chi connectivity index (χ0v) is 11.7. The van der Waals surface area contributed by atoms with E-state index < -0.39 is 0 Å². The molecule has 4 heteroatoms. The number of rotatable bonds is 3. The third-order valence-corrected chi connectivity index (χ3v) is 3.17. The van der Waals surface area contributed by atoms with E-state index in [9.17, 15) is 9.18 Å². The number of carbonyl (C=O) groups excluding carboxylic acids is 1. The number of nitrogens with zero attached hydrogens (tertiary/aromatic N) is 1. The second-order valence-corrected chi connectivity index (χ2v) is 4.53. The number of benzene rings is 2. The summed E-state index contributed by atoms with van der Waals surface area (Å²) in [5.41, 5.74) is 1.67. The zero-order valence-electron chi connectivity index (χ0n) is 11.7. The minimum Gasteiger partial charge on any atom is -0.497 e. The summed E-state index contributed by atoms with van der Waals surface area (Å²) < 4.78 is 18.3. The first-order chi connectivity index (χ1) is 9.52. The molecule has 0 saturated heterocycles. The normalized spacial score (nSPS) is 10.2. The first-order valence-corrected chi connectivity index (χ1v) is 6.21. The molecule has 0 aromatic heterocycles. The van der Waals surface area contributed by atoms with Crippen LogP contribution in [0.1, 0.15) is 15.9 Å². The number of halogens is 1. The lowest BCUT2D eigenvalue weighted by Gasteiger charge is -2.18. The largest absolute Gasteiger partial charge is 0.497 e. The van der Waals surface area contributed by atoms with Crippen molar-refractivity contribution >= 4 is 11.6 Å². The molecule has 2 aromatic carbocycles. The first-order valence-electron chi connectivity index (χ1n) is 6.21. The van der Waals surface area contributed by atoms with Crippen LogP contribution in [0.5, 0.6) is 5.75 Å². The number of amides is 1. The SMILES string of the molecule is COc1ccc(N(C)C(=O)c2ccc(F)c(C)c2)cc1. The molecule has 0 bridgehead atoms. The Balaban J connectivity index is 2.24. The monoisotopic (exact) mass is 273 g/mol. The van der Waals surface area contributed by atoms with Crippen LogP contribution in [0, 0.1) is 12.7 Å². The molecule has 0 aliphatic carbocycles. The highest BCUT2D eigenvalue weighted by Crippen LogP contribution is 2.20. The van der Waals surface area contributed by atoms with Gasteiger partial charge in [0.15, 0.2) is 0 Å². The minimum atomic E-state index is -0.311. The molecule has 0 heterocycles. The first kappa shape index (κ1) is 14.1. The van der Waals surface area contributed by atoms with Crippen LogP contribution in [-0.2, 0) is 0 Å². The maximum Gasteiger partial charge on any atom is 0.258 e. The number of aryl methyl sites for hydroxylation is 1. The summed E-state index contributed by atoms with van der Waals surface area (Å²) in [5.74, 6) is 0.235. The molecule has 3 nitrogen and oxygen atoms in total. The fourth-order valence-corrected chi connectivity index (χ4v) is 1.89. The molecule has 2 aromatic rings. The van der Waals surface area contributed by atoms with Gasteiger partial charge in [0, 0.05) is 18.3 Å². The van der Waals surface area contributed by atoms with Gasteiger partial charge in [0.25, 0.3) is 5.91 Å². The van der Waals surface area contributed by atoms with E-state index in [1.165, 1.54) is 17.0 Å². The van der Waals surface area contributed by atoms with Gasteiger partial charge >= 0.3 is 0 Å². The minimum absolute atomic E-state index is 0.182. The Labute approximate surface area is 117 Å². The van der Waals surface area contributed by atoms with Crippen LogP contribution in [0.4, 0.5) is 10.1 Å². The van der Waals surface area contributed by atoms with Crippen molar-refractivity contribution in [3.05, 3.63) is 59.4 Å². The Hall–Kier alpha value is -2.36. The zero-order chi connectivity index (χ0) is 14.7. The maximum atomic E-state index is 13.2. The standard InChI is InChI=1S/C16H16FNO2/c1-11-10-12(4-9-15(11)17)16(19)18(2)13-5-7-14(20-3)8-6-13/h4-10H,1-3H3. The molecular formula is C16H16FNO2. The average molecular weight is 273 g/mol. The van der Waals surface area contributed by atoms with Crippen molar-refractivity contribution in [2.24, 2.45) is 0 Å². The van der Waals surface area contributed by atoms with E-state index in [-0.39, 0.29) is 11.7 Å². The molecule has 0 N–H and O–H groups in total. The van der Waals surface area contributed by atoms with Crippen molar-refractivity contribution in [2.45, 2.75) is 6.92 Å². The smallest absolute Gasteiger partial charge is 0.258 e. The topological polar surface area (TPSA) is 29.5 Å². The van der Waals surface area contributed by atoms with E-state index >= 15 is 0 Å². The van der Waals surface area contributed by atoms with Crippen molar-refractivity contribution < 1.29 is 13.9 Å². The van der Waals surface area contributed by atoms with E-state index in [0.29, 0.717) is 11.1 Å². The van der Waals surface area contributed by atoms with Crippen LogP contribution in [-0.4, -0.2) is 20.1 Å². The lowest BCUT2D eigenvalue weighted by atomic mass is 10.1. The van der Waals surface area contributed by atoms with E-state index in [4.69, 9.17) is 4.74 Å². The number of carbonyl (C=O) groups is 1. The van der Waals surface area contributed by atoms with E-state index in [1.807, 2.05) is 0 Å². The van der Waals surface area contributed by atoms with Gasteiger partial charge in [-0.1, -0.05) is 0 Å². The third kappa shape index (κ3) is 2.79. The highest BCUT2D eigenvalue weighted by Gasteiger charge is 2.14. The van der Waals surface area contributed by atoms with Gasteiger partial charge in [-0.15, -0.1) is 0 Å². The molecule has 0 aliphatic rings. The number of hydrogen-bond donors (Lipinski definition) is 0. The molecule has 0 aliphatic heterocycles. The Morgan fingerprint density at radius 1 is 1.15 bits per heavy atom. The molecular weight excluding hydrogens is 257 g/mol. The fraction of sp³-hybridized carbons (Fsp3) is 0.188. The highest BCUT2D eigenvalue weighted by atomic mass is 19.1. The lowest BCUT2D eigenvalue weighted by molar-refractivity contribution is 0.0993. The summed E-state index contributed by atoms with van der Waals surface area (Å²) in [5, 5.41) is 0. The molecule has 20 heavy (non-hydrogen) atoms. The van der Waals surface area contributed by atoms with Crippen LogP contribution < -0.4 is 9.64 Å². The van der Waals surface area contributed by atoms with Crippen molar-refractivity contribution in [3.8, 4) is 5.75 Å². The summed E-state index contributed by atoms with van der Waals surface area (Å²) in [6, 6.07) is 11.5. The number of ether oxygens (including phenoxy) is 1. The Kier molecular flexibility index (Phi) is 4.03. The van der Waals surface area contributed by atoms with Crippen LogP contribution in [0.2, 0.25) is 0 Å². The summed E-state index contributed by atoms with van der Waals surface area (Å²) >= 11 is 0. The molecule has 0 saturated carbocycles. The summed E-state index contributed by atoms with van der Waals surface area (Å²) in [6.45, 7) is 1.64. The number of anilines is 1. The molecule has 0 unspecified atom stereocenters. The second kappa shape index (κ2) is 5.74. The van der Waals surface area contributed by atoms with Gasteiger partial charge in [-0.2, -0.15) is 0 Å². The van der Waals surface area contributed by atoms with Crippen molar-refractivity contribution in [3.63, 3.8) is 0 Å². The van der Waals surface area contributed by atoms with Gasteiger partial charge in [0.1, 0.15) is 11.6 Å². The second-order valence-electron chi connectivity index (χ2n) is 4.53. The van der Waals surface area contributed by atoms with Gasteiger partial charge < -0.3 is 9.64 Å². The highest BCUT2D eigenvalue weighted by molar-refractivity contribution is 6.05. The predicted molar refractivity (Wildman–Crippen MR) is 76.9 cm³/mol. The van der Waals surface area contributed by atoms with E-state index in [0.717, 1.165) is 11.4 Å². The van der Waals surface area contributed by atoms with Gasteiger partial charge in [-0.25, -0.2) is 4.39 Å². The van der Waals surface area contributed by atoms with Crippen molar-refractivity contribution in [1.29, 1.82) is 0 Å². The van der Waals surface area contributed by atoms with E-state index in [1.54, 1.807) is 51.4 Å². The molecule has 0 fully saturated rings. The molecule has 1 amide bonds. The fourth-order valence-electron chi connectivity index (χ4n) is 1.89. The lowest BCUT2D eigenvalue weighted by Crippen LogP contribution is -2.26. The Morgan fingerprint density at radius 3 is 2.35 bits per heavy atom. The summed E-state index contributed by atoms with van der Waals surface area (Å²) in [4.78, 5) is 13.9.